The Labute approximate surface area is 135 Å². The van der Waals surface area contributed by atoms with E-state index in [1.54, 1.807) is 0 Å². The molecule has 22 heavy (non-hydrogen) atoms. The summed E-state index contributed by atoms with van der Waals surface area (Å²) in [6.07, 6.45) is 0. The molecule has 1 rings (SSSR count). The van der Waals surface area contributed by atoms with Gasteiger partial charge in [0.05, 0.1) is 0 Å². The first-order chi connectivity index (χ1) is 10.2. The maximum absolute atomic E-state index is 12.7. The lowest BCUT2D eigenvalue weighted by Crippen LogP contribution is -2.51. The molecular formula is C18H31N3O. The van der Waals surface area contributed by atoms with Gasteiger partial charge in [-0.15, -0.1) is 0 Å². The van der Waals surface area contributed by atoms with Crippen LogP contribution in [0.1, 0.15) is 37.9 Å². The molecule has 1 amide bonds. The van der Waals surface area contributed by atoms with Crippen LogP contribution in [0.2, 0.25) is 0 Å². The lowest BCUT2D eigenvalue weighted by Gasteiger charge is -2.36. The van der Waals surface area contributed by atoms with Crippen molar-refractivity contribution < 1.29 is 4.79 Å². The van der Waals surface area contributed by atoms with Gasteiger partial charge in [-0.1, -0.05) is 36.8 Å². The second-order valence-electron chi connectivity index (χ2n) is 6.82. The number of carbonyl (C=O) groups is 1. The first-order valence-electron chi connectivity index (χ1n) is 7.91. The Morgan fingerprint density at radius 3 is 2.41 bits per heavy atom. The van der Waals surface area contributed by atoms with Gasteiger partial charge in [0.2, 0.25) is 5.91 Å². The fourth-order valence-corrected chi connectivity index (χ4v) is 2.49. The molecule has 0 saturated carbocycles. The van der Waals surface area contributed by atoms with Gasteiger partial charge in [-0.2, -0.15) is 0 Å². The Hall–Kier alpha value is -1.39. The van der Waals surface area contributed by atoms with Gasteiger partial charge in [-0.3, -0.25) is 14.6 Å². The van der Waals surface area contributed by atoms with Gasteiger partial charge in [-0.05, 0) is 54.0 Å². The zero-order valence-corrected chi connectivity index (χ0v) is 15.1. The van der Waals surface area contributed by atoms with E-state index in [9.17, 15) is 4.79 Å². The number of hydrogen-bond donors (Lipinski definition) is 1. The molecule has 1 aromatic rings. The maximum Gasteiger partial charge on any atom is 0.242 e. The minimum Gasteiger partial charge on any atom is -0.353 e. The van der Waals surface area contributed by atoms with Gasteiger partial charge in [0.1, 0.15) is 6.04 Å². The maximum atomic E-state index is 12.7. The van der Waals surface area contributed by atoms with Crippen LogP contribution in [0.25, 0.3) is 0 Å². The molecule has 124 valence electrons. The third kappa shape index (κ3) is 4.82. The van der Waals surface area contributed by atoms with Crippen LogP contribution in [-0.4, -0.2) is 55.5 Å². The highest BCUT2D eigenvalue weighted by atomic mass is 16.2. The van der Waals surface area contributed by atoms with Gasteiger partial charge in [-0.25, -0.2) is 0 Å². The van der Waals surface area contributed by atoms with Gasteiger partial charge in [0, 0.05) is 12.1 Å². The molecule has 4 nitrogen and oxygen atoms in total. The number of hydrogen-bond acceptors (Lipinski definition) is 3. The van der Waals surface area contributed by atoms with E-state index in [0.717, 1.165) is 12.1 Å². The second-order valence-corrected chi connectivity index (χ2v) is 6.82. The predicted molar refractivity (Wildman–Crippen MR) is 93.0 cm³/mol. The van der Waals surface area contributed by atoms with E-state index in [1.807, 2.05) is 44.1 Å². The number of benzene rings is 1. The topological polar surface area (TPSA) is 35.6 Å². The van der Waals surface area contributed by atoms with Crippen LogP contribution in [0.15, 0.2) is 24.3 Å². The number of nitrogens with one attached hydrogen (secondary N) is 1. The molecule has 1 atom stereocenters. The summed E-state index contributed by atoms with van der Waals surface area (Å²) in [7, 11) is 5.96. The highest BCUT2D eigenvalue weighted by Crippen LogP contribution is 2.20. The molecule has 0 aliphatic rings. The number of aryl methyl sites for hydroxylation is 1. The van der Waals surface area contributed by atoms with Crippen LogP contribution in [0.3, 0.4) is 0 Å². The normalized spacial score (nSPS) is 13.5. The summed E-state index contributed by atoms with van der Waals surface area (Å²) in [5.74, 6) is 0.0492. The van der Waals surface area contributed by atoms with E-state index in [-0.39, 0.29) is 17.5 Å². The summed E-state index contributed by atoms with van der Waals surface area (Å²) in [6.45, 7) is 10.1. The predicted octanol–water partition coefficient (Wildman–Crippen LogP) is 2.44. The molecule has 0 unspecified atom stereocenters. The van der Waals surface area contributed by atoms with Gasteiger partial charge in [0.25, 0.3) is 0 Å². The van der Waals surface area contributed by atoms with Crippen molar-refractivity contribution in [1.29, 1.82) is 0 Å². The van der Waals surface area contributed by atoms with Crippen molar-refractivity contribution in [2.75, 3.05) is 34.2 Å². The van der Waals surface area contributed by atoms with Crippen molar-refractivity contribution in [2.45, 2.75) is 39.3 Å². The molecule has 0 aliphatic carbocycles. The number of rotatable bonds is 7. The van der Waals surface area contributed by atoms with Crippen LogP contribution in [-0.2, 0) is 4.79 Å². The zero-order chi connectivity index (χ0) is 16.9. The van der Waals surface area contributed by atoms with Gasteiger partial charge >= 0.3 is 0 Å². The van der Waals surface area contributed by atoms with E-state index >= 15 is 0 Å². The monoisotopic (exact) mass is 305 g/mol. The van der Waals surface area contributed by atoms with Crippen molar-refractivity contribution in [1.82, 2.24) is 15.1 Å². The van der Waals surface area contributed by atoms with E-state index < -0.39 is 0 Å². The summed E-state index contributed by atoms with van der Waals surface area (Å²) in [4.78, 5) is 16.9. The Balaban J connectivity index is 2.83. The minimum absolute atomic E-state index is 0.0492. The molecule has 0 radical (unpaired) electrons. The lowest BCUT2D eigenvalue weighted by molar-refractivity contribution is -0.126. The van der Waals surface area contributed by atoms with E-state index in [4.69, 9.17) is 0 Å². The average Bonchev–Trinajstić information content (AvgIpc) is 2.44. The molecule has 0 saturated heterocycles. The fraction of sp³-hybridized carbons (Fsp3) is 0.611. The second kappa shape index (κ2) is 7.75. The first kappa shape index (κ1) is 18.7. The van der Waals surface area contributed by atoms with Crippen LogP contribution < -0.4 is 5.32 Å². The van der Waals surface area contributed by atoms with E-state index in [0.29, 0.717) is 6.54 Å². The summed E-state index contributed by atoms with van der Waals surface area (Å²) in [5, 5.41) is 3.12. The van der Waals surface area contributed by atoms with Crippen LogP contribution >= 0.6 is 0 Å². The standard InChI is InChI=1S/C18H31N3O/c1-8-21(7)18(3,4)13-19-17(22)16(20(5)6)15-11-9-10-14(2)12-15/h9-12,16H,8,13H2,1-7H3,(H,19,22)/t16-/m1/s1. The Kier molecular flexibility index (Phi) is 6.57. The third-order valence-corrected chi connectivity index (χ3v) is 4.33. The van der Waals surface area contributed by atoms with E-state index in [1.165, 1.54) is 5.56 Å². The molecule has 0 aliphatic heterocycles. The quantitative estimate of drug-likeness (QED) is 0.840. The summed E-state index contributed by atoms with van der Waals surface area (Å²) < 4.78 is 0. The van der Waals surface area contributed by atoms with Crippen LogP contribution in [0.5, 0.6) is 0 Å². The Morgan fingerprint density at radius 2 is 1.91 bits per heavy atom. The summed E-state index contributed by atoms with van der Waals surface area (Å²) in [6, 6.07) is 7.88. The molecule has 0 bridgehead atoms. The Bertz CT molecular complexity index is 497. The largest absolute Gasteiger partial charge is 0.353 e. The lowest BCUT2D eigenvalue weighted by atomic mass is 10.0. The van der Waals surface area contributed by atoms with Gasteiger partial charge < -0.3 is 5.32 Å². The molecule has 1 N–H and O–H groups in total. The van der Waals surface area contributed by atoms with Crippen molar-refractivity contribution in [3.8, 4) is 0 Å². The van der Waals surface area contributed by atoms with Crippen LogP contribution in [0, 0.1) is 6.92 Å². The number of likely N-dealkylation sites (N-methyl/N-ethyl adjacent to an activating group) is 2. The summed E-state index contributed by atoms with van der Waals surface area (Å²) in [5.41, 5.74) is 2.14. The SMILES string of the molecule is CCN(C)C(C)(C)CNC(=O)[C@@H](c1cccc(C)c1)N(C)C. The molecule has 0 spiro atoms. The van der Waals surface area contributed by atoms with Crippen molar-refractivity contribution >= 4 is 5.91 Å². The molecule has 1 aromatic carbocycles. The van der Waals surface area contributed by atoms with Gasteiger partial charge in [0.15, 0.2) is 0 Å². The van der Waals surface area contributed by atoms with E-state index in [2.05, 4.69) is 44.1 Å². The number of nitrogens with zero attached hydrogens (tertiary/aromatic N) is 2. The van der Waals surface area contributed by atoms with Crippen LogP contribution in [0.4, 0.5) is 0 Å². The zero-order valence-electron chi connectivity index (χ0n) is 15.1. The molecule has 0 fully saturated rings. The Morgan fingerprint density at radius 1 is 1.27 bits per heavy atom. The average molecular weight is 305 g/mol. The molecule has 0 heterocycles. The number of carbonyl (C=O) groups excluding carboxylic acids is 1. The smallest absolute Gasteiger partial charge is 0.242 e. The highest BCUT2D eigenvalue weighted by Gasteiger charge is 2.27. The van der Waals surface area contributed by atoms with Crippen molar-refractivity contribution in [3.05, 3.63) is 35.4 Å². The molecule has 4 heteroatoms. The first-order valence-corrected chi connectivity index (χ1v) is 7.91. The minimum atomic E-state index is -0.261. The number of amides is 1. The highest BCUT2D eigenvalue weighted by molar-refractivity contribution is 5.83. The summed E-state index contributed by atoms with van der Waals surface area (Å²) >= 11 is 0. The molecule has 0 aromatic heterocycles. The van der Waals surface area contributed by atoms with Crippen molar-refractivity contribution in [3.63, 3.8) is 0 Å². The molecular weight excluding hydrogens is 274 g/mol. The fourth-order valence-electron chi connectivity index (χ4n) is 2.49. The van der Waals surface area contributed by atoms with Crippen molar-refractivity contribution in [2.24, 2.45) is 0 Å². The third-order valence-electron chi connectivity index (χ3n) is 4.33.